The molecular weight excluding hydrogens is 1080 g/mol. The van der Waals surface area contributed by atoms with E-state index < -0.39 is 134 Å². The van der Waals surface area contributed by atoms with Crippen LogP contribution in [0.4, 0.5) is 0 Å². The molecule has 1 N–H and O–H groups in total. The Morgan fingerprint density at radius 3 is 1.65 bits per heavy atom. The van der Waals surface area contributed by atoms with E-state index in [1.165, 1.54) is 0 Å². The zero-order chi connectivity index (χ0) is 62.8. The highest BCUT2D eigenvalue weighted by molar-refractivity contribution is 5.84. The van der Waals surface area contributed by atoms with E-state index in [0.717, 1.165) is 31.2 Å². The van der Waals surface area contributed by atoms with Gasteiger partial charge in [0.05, 0.1) is 60.6 Å². The first kappa shape index (κ1) is 68.7. The molecule has 5 aliphatic heterocycles. The summed E-state index contributed by atoms with van der Waals surface area (Å²) in [4.78, 5) is 87.8. The molecule has 476 valence electrons. The number of esters is 5. The molecule has 0 saturated carbocycles. The quantitative estimate of drug-likeness (QED) is 0.0429. The van der Waals surface area contributed by atoms with Gasteiger partial charge in [-0.25, -0.2) is 0 Å². The lowest BCUT2D eigenvalue weighted by Gasteiger charge is -2.55. The minimum Gasteiger partial charge on any atom is -0.462 e. The normalized spacial score (nSPS) is 26.2. The summed E-state index contributed by atoms with van der Waals surface area (Å²) in [5.74, 6) is -2.73. The van der Waals surface area contributed by atoms with E-state index >= 15 is 14.4 Å². The zero-order valence-corrected chi connectivity index (χ0v) is 54.3. The van der Waals surface area contributed by atoms with Crippen molar-refractivity contribution in [3.63, 3.8) is 0 Å². The Labute approximate surface area is 500 Å². The highest BCUT2D eigenvalue weighted by Crippen LogP contribution is 2.62. The van der Waals surface area contributed by atoms with E-state index in [-0.39, 0.29) is 77.2 Å². The average molecular weight is 1190 g/mol. The Bertz CT molecular complexity index is 2500. The fraction of sp³-hybridized carbons (Fsp3) is 0.818. The molecule has 6 rings (SSSR count). The van der Waals surface area contributed by atoms with Gasteiger partial charge in [0.25, 0.3) is 0 Å². The van der Waals surface area contributed by atoms with Crippen LogP contribution in [0.3, 0.4) is 0 Å². The van der Waals surface area contributed by atoms with Crippen LogP contribution >= 0.6 is 0 Å². The third kappa shape index (κ3) is 14.6. The lowest BCUT2D eigenvalue weighted by molar-refractivity contribution is -0.192. The molecule has 1 aromatic rings. The second kappa shape index (κ2) is 26.5. The third-order valence-electron chi connectivity index (χ3n) is 20.6. The molecule has 0 aromatic heterocycles. The number of rotatable bonds is 30. The zero-order valence-electron chi connectivity index (χ0n) is 54.3. The number of ketones is 1. The summed E-state index contributed by atoms with van der Waals surface area (Å²) in [6.07, 6.45) is -1.22. The summed E-state index contributed by atoms with van der Waals surface area (Å²) >= 11 is 0. The fourth-order valence-corrected chi connectivity index (χ4v) is 13.9. The molecule has 0 aliphatic carbocycles. The van der Waals surface area contributed by atoms with Crippen molar-refractivity contribution in [2.24, 2.45) is 55.2 Å². The monoisotopic (exact) mass is 1180 g/mol. The predicted octanol–water partition coefficient (Wildman–Crippen LogP) is 11.0. The topological polar surface area (TPSA) is 224 Å². The third-order valence-corrected chi connectivity index (χ3v) is 20.6. The number of fused-ring (bicyclic) bond motifs is 3. The van der Waals surface area contributed by atoms with Crippen LogP contribution in [-0.2, 0) is 78.0 Å². The first-order valence-corrected chi connectivity index (χ1v) is 30.9. The highest BCUT2D eigenvalue weighted by atomic mass is 16.7. The van der Waals surface area contributed by atoms with Crippen molar-refractivity contribution < 1.29 is 86.0 Å². The minimum absolute atomic E-state index is 0.00695. The maximum Gasteiger partial charge on any atom is 0.312 e. The molecule has 5 heterocycles. The molecule has 1 aromatic carbocycles. The molecule has 6 unspecified atom stereocenters. The molecular formula is C66H104O18. The van der Waals surface area contributed by atoms with Crippen LogP contribution in [-0.4, -0.2) is 129 Å². The van der Waals surface area contributed by atoms with Gasteiger partial charge in [-0.05, 0) is 126 Å². The standard InChI is InChI=1S/C66H104O18/c1-20-22-23-24-25-40(5)81-55(70)43(59(7,8)35-60(9,10)56(71)78-30-42-26-27-45-46(28-42)80-38-79-45)29-61(11,12)65(18,57(72)83-48-33-75-50-44(68)31-74-51(48)50)37-63(15,16)66(19,36-62(13,14)64(17,21-2)41(6)67)58(73)84-49-34-77-52-47(32-76-53(49)52)82-54(69)39(3)4/h26-28,39-40,43-44,47-53,68H,20-25,29-38H2,1-19H3/t40?,43?,44-,47?,48+,49+,50+,51+,52+,53+,64?,65?,66?/m0/s1. The smallest absolute Gasteiger partial charge is 0.312 e. The van der Waals surface area contributed by atoms with E-state index in [1.54, 1.807) is 46.8 Å². The van der Waals surface area contributed by atoms with Gasteiger partial charge in [0.2, 0.25) is 6.79 Å². The molecule has 0 radical (unpaired) electrons. The van der Waals surface area contributed by atoms with Gasteiger partial charge in [-0.3, -0.25) is 28.8 Å². The lowest BCUT2D eigenvalue weighted by Crippen LogP contribution is -2.56. The summed E-state index contributed by atoms with van der Waals surface area (Å²) in [5, 5.41) is 10.8. The Balaban J connectivity index is 1.41. The van der Waals surface area contributed by atoms with Crippen LogP contribution in [0, 0.1) is 55.2 Å². The molecule has 18 heteroatoms. The van der Waals surface area contributed by atoms with Crippen molar-refractivity contribution in [3.8, 4) is 11.5 Å². The van der Waals surface area contributed by atoms with Gasteiger partial charge in [0.1, 0.15) is 42.9 Å². The molecule has 13 atom stereocenters. The van der Waals surface area contributed by atoms with Crippen molar-refractivity contribution in [1.82, 2.24) is 0 Å². The molecule has 4 saturated heterocycles. The number of hydrogen-bond acceptors (Lipinski definition) is 18. The molecule has 18 nitrogen and oxygen atoms in total. The Morgan fingerprint density at radius 2 is 1.11 bits per heavy atom. The number of carbonyl (C=O) groups excluding carboxylic acids is 6. The second-order valence-corrected chi connectivity index (χ2v) is 29.4. The first-order valence-electron chi connectivity index (χ1n) is 30.9. The number of ether oxygens (including phenoxy) is 11. The van der Waals surface area contributed by atoms with Crippen molar-refractivity contribution in [3.05, 3.63) is 23.8 Å². The van der Waals surface area contributed by atoms with Crippen molar-refractivity contribution in [2.75, 3.05) is 33.2 Å². The van der Waals surface area contributed by atoms with Gasteiger partial charge in [0, 0.05) is 5.41 Å². The Kier molecular flexibility index (Phi) is 21.7. The number of hydrogen-bond donors (Lipinski definition) is 1. The van der Waals surface area contributed by atoms with E-state index in [4.69, 9.17) is 52.1 Å². The van der Waals surface area contributed by atoms with Crippen LogP contribution in [0.25, 0.3) is 0 Å². The summed E-state index contributed by atoms with van der Waals surface area (Å²) < 4.78 is 66.7. The van der Waals surface area contributed by atoms with Crippen LogP contribution in [0.5, 0.6) is 11.5 Å². The van der Waals surface area contributed by atoms with Crippen LogP contribution in [0.15, 0.2) is 18.2 Å². The fourth-order valence-electron chi connectivity index (χ4n) is 13.9. The molecule has 0 spiro atoms. The van der Waals surface area contributed by atoms with E-state index in [1.807, 2.05) is 96.1 Å². The Morgan fingerprint density at radius 1 is 0.595 bits per heavy atom. The number of aliphatic hydroxyl groups is 1. The predicted molar refractivity (Wildman–Crippen MR) is 312 cm³/mol. The van der Waals surface area contributed by atoms with Gasteiger partial charge < -0.3 is 57.2 Å². The molecule has 0 amide bonds. The number of benzene rings is 1. The molecule has 84 heavy (non-hydrogen) atoms. The molecule has 5 aliphatic rings. The maximum atomic E-state index is 15.9. The highest BCUT2D eigenvalue weighted by Gasteiger charge is 2.63. The average Bonchev–Trinajstić information content (AvgIpc) is 1.23. The summed E-state index contributed by atoms with van der Waals surface area (Å²) in [7, 11) is 0. The van der Waals surface area contributed by atoms with Crippen LogP contribution < -0.4 is 9.47 Å². The van der Waals surface area contributed by atoms with Gasteiger partial charge in [-0.1, -0.05) is 115 Å². The number of aliphatic hydroxyl groups excluding tert-OH is 1. The van der Waals surface area contributed by atoms with Crippen LogP contribution in [0.2, 0.25) is 0 Å². The number of unbranched alkanes of at least 4 members (excludes halogenated alkanes) is 3. The number of Topliss-reactive ketones (excluding diaryl/α,β-unsaturated/α-hetero) is 1. The summed E-state index contributed by atoms with van der Waals surface area (Å²) in [5.41, 5.74) is -8.55. The Hall–Kier alpha value is -4.36. The molecule has 0 bridgehead atoms. The summed E-state index contributed by atoms with van der Waals surface area (Å²) in [6, 6.07) is 5.37. The maximum absolute atomic E-state index is 15.9. The van der Waals surface area contributed by atoms with Crippen LogP contribution in [0.1, 0.15) is 201 Å². The first-order chi connectivity index (χ1) is 38.9. The van der Waals surface area contributed by atoms with E-state index in [2.05, 4.69) is 6.92 Å². The van der Waals surface area contributed by atoms with Crippen molar-refractivity contribution in [2.45, 2.75) is 257 Å². The van der Waals surface area contributed by atoms with E-state index in [9.17, 15) is 19.5 Å². The SMILES string of the molecule is CCCCCCC(C)OC(=O)C(CC(C)(C)C(C)(CC(C)(C)C(C)(CC(C)(C)C(C)(CC)C(C)=O)C(=O)O[C@@H]1CO[C@@H]2C(OC(=O)C(C)C)CO[C@@H]21)C(=O)O[C@@H]1CO[C@H]2[C@@H]1OC[C@@H]2O)C(C)(C)CC(C)(C)C(=O)OCc1ccc2c(c1)OCO2. The number of carbonyl (C=O) groups is 6. The summed E-state index contributed by atoms with van der Waals surface area (Å²) in [6.45, 7) is 36.0. The largest absolute Gasteiger partial charge is 0.462 e. The van der Waals surface area contributed by atoms with Gasteiger partial charge >= 0.3 is 29.8 Å². The second-order valence-electron chi connectivity index (χ2n) is 29.4. The molecule has 4 fully saturated rings. The van der Waals surface area contributed by atoms with Crippen molar-refractivity contribution >= 4 is 35.6 Å². The van der Waals surface area contributed by atoms with E-state index in [0.29, 0.717) is 24.3 Å². The van der Waals surface area contributed by atoms with Crippen molar-refractivity contribution in [1.29, 1.82) is 0 Å². The van der Waals surface area contributed by atoms with Gasteiger partial charge in [0.15, 0.2) is 29.8 Å². The minimum atomic E-state index is -1.56. The lowest BCUT2D eigenvalue weighted by atomic mass is 9.48. The van der Waals surface area contributed by atoms with Gasteiger partial charge in [-0.15, -0.1) is 0 Å². The van der Waals surface area contributed by atoms with Gasteiger partial charge in [-0.2, -0.15) is 0 Å².